The monoisotopic (exact) mass is 224 g/mol. The molecule has 3 nitrogen and oxygen atoms in total. The predicted octanol–water partition coefficient (Wildman–Crippen LogP) is 2.76. The number of carbonyl (C=O) groups is 1. The zero-order valence-corrected chi connectivity index (χ0v) is 10.5. The molecule has 0 aliphatic heterocycles. The molecule has 2 aliphatic carbocycles. The molecule has 0 bridgehead atoms. The second kappa shape index (κ2) is 5.07. The van der Waals surface area contributed by atoms with Crippen molar-refractivity contribution in [3.8, 4) is 0 Å². The Morgan fingerprint density at radius 3 is 2.38 bits per heavy atom. The molecular formula is C13H24N2O. The molecule has 0 unspecified atom stereocenters. The highest BCUT2D eigenvalue weighted by molar-refractivity contribution is 5.74. The number of nitrogens with zero attached hydrogens (tertiary/aromatic N) is 1. The van der Waals surface area contributed by atoms with Crippen molar-refractivity contribution in [3.63, 3.8) is 0 Å². The van der Waals surface area contributed by atoms with Crippen LogP contribution in [-0.4, -0.2) is 29.6 Å². The Hall–Kier alpha value is -0.730. The summed E-state index contributed by atoms with van der Waals surface area (Å²) in [6, 6.07) is 0.920. The van der Waals surface area contributed by atoms with Crippen molar-refractivity contribution in [2.24, 2.45) is 5.92 Å². The van der Waals surface area contributed by atoms with Crippen LogP contribution in [0.4, 0.5) is 4.79 Å². The summed E-state index contributed by atoms with van der Waals surface area (Å²) < 4.78 is 0. The van der Waals surface area contributed by atoms with E-state index in [1.54, 1.807) is 0 Å². The number of hydrogen-bond donors (Lipinski definition) is 1. The van der Waals surface area contributed by atoms with E-state index >= 15 is 0 Å². The predicted molar refractivity (Wildman–Crippen MR) is 65.4 cm³/mol. The Kier molecular flexibility index (Phi) is 3.72. The van der Waals surface area contributed by atoms with Crippen LogP contribution in [0.3, 0.4) is 0 Å². The third-order valence-corrected chi connectivity index (χ3v) is 3.72. The van der Waals surface area contributed by atoms with Gasteiger partial charge in [-0.25, -0.2) is 4.79 Å². The minimum Gasteiger partial charge on any atom is -0.335 e. The Bertz CT molecular complexity index is 242. The van der Waals surface area contributed by atoms with Gasteiger partial charge in [0.15, 0.2) is 0 Å². The van der Waals surface area contributed by atoms with Crippen molar-refractivity contribution in [3.05, 3.63) is 0 Å². The van der Waals surface area contributed by atoms with Crippen LogP contribution in [-0.2, 0) is 0 Å². The maximum absolute atomic E-state index is 12.1. The van der Waals surface area contributed by atoms with Gasteiger partial charge in [0.1, 0.15) is 0 Å². The minimum atomic E-state index is 0.161. The average Bonchev–Trinajstić information content (AvgIpc) is 2.91. The number of hydrogen-bond acceptors (Lipinski definition) is 1. The van der Waals surface area contributed by atoms with Gasteiger partial charge in [0, 0.05) is 18.6 Å². The van der Waals surface area contributed by atoms with Crippen LogP contribution in [0.1, 0.15) is 52.4 Å². The molecule has 0 atom stereocenters. The lowest BCUT2D eigenvalue weighted by Gasteiger charge is -2.28. The molecule has 0 spiro atoms. The fourth-order valence-corrected chi connectivity index (χ4v) is 2.43. The number of rotatable bonds is 4. The zero-order valence-electron chi connectivity index (χ0n) is 10.5. The Labute approximate surface area is 98.6 Å². The summed E-state index contributed by atoms with van der Waals surface area (Å²) >= 11 is 0. The SMILES string of the molecule is CC(C)N(CC1CC1)C(=O)NC1CCCC1. The largest absolute Gasteiger partial charge is 0.335 e. The van der Waals surface area contributed by atoms with E-state index in [0.717, 1.165) is 12.5 Å². The highest BCUT2D eigenvalue weighted by atomic mass is 16.2. The molecule has 0 aromatic rings. The number of carbonyl (C=O) groups excluding carboxylic acids is 1. The molecule has 2 amide bonds. The number of urea groups is 1. The molecule has 0 aromatic heterocycles. The first-order valence-electron chi connectivity index (χ1n) is 6.74. The smallest absolute Gasteiger partial charge is 0.317 e. The van der Waals surface area contributed by atoms with Gasteiger partial charge in [-0.3, -0.25) is 0 Å². The van der Waals surface area contributed by atoms with Crippen LogP contribution in [0.2, 0.25) is 0 Å². The van der Waals surface area contributed by atoms with Crippen LogP contribution in [0, 0.1) is 5.92 Å². The topological polar surface area (TPSA) is 32.3 Å². The third-order valence-electron chi connectivity index (χ3n) is 3.72. The van der Waals surface area contributed by atoms with Crippen molar-refractivity contribution in [1.82, 2.24) is 10.2 Å². The van der Waals surface area contributed by atoms with Gasteiger partial charge in [-0.05, 0) is 45.4 Å². The molecule has 0 saturated heterocycles. The summed E-state index contributed by atoms with van der Waals surface area (Å²) in [5.41, 5.74) is 0. The zero-order chi connectivity index (χ0) is 11.5. The van der Waals surface area contributed by atoms with Gasteiger partial charge < -0.3 is 10.2 Å². The van der Waals surface area contributed by atoms with E-state index in [2.05, 4.69) is 19.2 Å². The van der Waals surface area contributed by atoms with E-state index in [9.17, 15) is 4.79 Å². The van der Waals surface area contributed by atoms with Gasteiger partial charge in [-0.15, -0.1) is 0 Å². The summed E-state index contributed by atoms with van der Waals surface area (Å²) in [5.74, 6) is 0.775. The van der Waals surface area contributed by atoms with E-state index in [4.69, 9.17) is 0 Å². The van der Waals surface area contributed by atoms with Crippen LogP contribution in [0.5, 0.6) is 0 Å². The van der Waals surface area contributed by atoms with E-state index < -0.39 is 0 Å². The highest BCUT2D eigenvalue weighted by Gasteiger charge is 2.29. The highest BCUT2D eigenvalue weighted by Crippen LogP contribution is 2.30. The van der Waals surface area contributed by atoms with Gasteiger partial charge in [0.25, 0.3) is 0 Å². The second-order valence-electron chi connectivity index (χ2n) is 5.62. The van der Waals surface area contributed by atoms with Crippen LogP contribution in [0.15, 0.2) is 0 Å². The summed E-state index contributed by atoms with van der Waals surface area (Å²) in [4.78, 5) is 14.1. The van der Waals surface area contributed by atoms with Crippen LogP contribution < -0.4 is 5.32 Å². The first kappa shape index (κ1) is 11.7. The van der Waals surface area contributed by atoms with Crippen LogP contribution >= 0.6 is 0 Å². The van der Waals surface area contributed by atoms with Crippen molar-refractivity contribution < 1.29 is 4.79 Å². The van der Waals surface area contributed by atoms with Gasteiger partial charge in [0.05, 0.1) is 0 Å². The average molecular weight is 224 g/mol. The van der Waals surface area contributed by atoms with Crippen LogP contribution in [0.25, 0.3) is 0 Å². The molecule has 2 fully saturated rings. The molecule has 16 heavy (non-hydrogen) atoms. The van der Waals surface area contributed by atoms with Crippen molar-refractivity contribution in [1.29, 1.82) is 0 Å². The van der Waals surface area contributed by atoms with Gasteiger partial charge >= 0.3 is 6.03 Å². The first-order chi connectivity index (χ1) is 7.66. The van der Waals surface area contributed by atoms with Gasteiger partial charge in [-0.1, -0.05) is 12.8 Å². The summed E-state index contributed by atoms with van der Waals surface area (Å²) in [7, 11) is 0. The van der Waals surface area contributed by atoms with Crippen molar-refractivity contribution in [2.75, 3.05) is 6.54 Å². The molecule has 1 N–H and O–H groups in total. The molecule has 92 valence electrons. The quantitative estimate of drug-likeness (QED) is 0.782. The fourth-order valence-electron chi connectivity index (χ4n) is 2.43. The molecule has 2 saturated carbocycles. The first-order valence-corrected chi connectivity index (χ1v) is 6.74. The summed E-state index contributed by atoms with van der Waals surface area (Å²) in [6.45, 7) is 5.17. The Morgan fingerprint density at radius 1 is 1.25 bits per heavy atom. The molecule has 0 radical (unpaired) electrons. The maximum Gasteiger partial charge on any atom is 0.317 e. The van der Waals surface area contributed by atoms with Crippen molar-refractivity contribution in [2.45, 2.75) is 64.5 Å². The van der Waals surface area contributed by atoms with E-state index in [1.807, 2.05) is 4.90 Å². The lowest BCUT2D eigenvalue weighted by atomic mass is 10.2. The molecule has 2 rings (SSSR count). The summed E-state index contributed by atoms with van der Waals surface area (Å²) in [6.07, 6.45) is 7.49. The van der Waals surface area contributed by atoms with Gasteiger partial charge in [-0.2, -0.15) is 0 Å². The lowest BCUT2D eigenvalue weighted by molar-refractivity contribution is 0.176. The number of amides is 2. The second-order valence-corrected chi connectivity index (χ2v) is 5.62. The molecule has 3 heteroatoms. The molecule has 2 aliphatic rings. The Balaban J connectivity index is 1.82. The minimum absolute atomic E-state index is 0.161. The maximum atomic E-state index is 12.1. The molecule has 0 aromatic carbocycles. The molecular weight excluding hydrogens is 200 g/mol. The Morgan fingerprint density at radius 2 is 1.88 bits per heavy atom. The lowest BCUT2D eigenvalue weighted by Crippen LogP contribution is -2.47. The fraction of sp³-hybridized carbons (Fsp3) is 0.923. The van der Waals surface area contributed by atoms with E-state index in [0.29, 0.717) is 12.1 Å². The number of nitrogens with one attached hydrogen (secondary N) is 1. The van der Waals surface area contributed by atoms with E-state index in [-0.39, 0.29) is 6.03 Å². The van der Waals surface area contributed by atoms with E-state index in [1.165, 1.54) is 38.5 Å². The standard InChI is InChI=1S/C13H24N2O/c1-10(2)15(9-11-7-8-11)13(16)14-12-5-3-4-6-12/h10-12H,3-9H2,1-2H3,(H,14,16). The third kappa shape index (κ3) is 3.13. The van der Waals surface area contributed by atoms with Crippen molar-refractivity contribution >= 4 is 6.03 Å². The summed E-state index contributed by atoms with van der Waals surface area (Å²) in [5, 5.41) is 3.18. The van der Waals surface area contributed by atoms with Gasteiger partial charge in [0.2, 0.25) is 0 Å². The molecule has 0 heterocycles. The normalized spacial score (nSPS) is 21.4.